The summed E-state index contributed by atoms with van der Waals surface area (Å²) >= 11 is 0. The number of hydrogen-bond acceptors (Lipinski definition) is 6. The number of amides is 3. The molecule has 0 radical (unpaired) electrons. The summed E-state index contributed by atoms with van der Waals surface area (Å²) in [7, 11) is 0. The molecule has 1 aromatic rings. The molecule has 0 fully saturated rings. The Balaban J connectivity index is 3.55. The third-order valence-corrected chi connectivity index (χ3v) is 7.16. The highest BCUT2D eigenvalue weighted by Crippen LogP contribution is 2.28. The Morgan fingerprint density at radius 1 is 0.976 bits per heavy atom. The number of carbonyl (C=O) groups is 4. The van der Waals surface area contributed by atoms with Gasteiger partial charge in [0, 0.05) is 13.1 Å². The molecular formula is C33H55N3O6. The van der Waals surface area contributed by atoms with Crippen molar-refractivity contribution in [3.8, 4) is 0 Å². The summed E-state index contributed by atoms with van der Waals surface area (Å²) in [6, 6.07) is 4.01. The zero-order valence-electron chi connectivity index (χ0n) is 27.4. The molecule has 0 spiro atoms. The monoisotopic (exact) mass is 589 g/mol. The van der Waals surface area contributed by atoms with Gasteiger partial charge in [-0.2, -0.15) is 0 Å². The largest absolute Gasteiger partial charge is 0.466 e. The average Bonchev–Trinajstić information content (AvgIpc) is 2.91. The van der Waals surface area contributed by atoms with Gasteiger partial charge in [0.15, 0.2) is 0 Å². The minimum absolute atomic E-state index is 0.0275. The molecule has 0 saturated heterocycles. The number of rotatable bonds is 17. The van der Waals surface area contributed by atoms with Crippen LogP contribution in [0, 0.1) is 19.8 Å². The van der Waals surface area contributed by atoms with Crippen LogP contribution < -0.4 is 10.6 Å². The highest BCUT2D eigenvalue weighted by Gasteiger charge is 2.38. The molecule has 0 bridgehead atoms. The fourth-order valence-corrected chi connectivity index (χ4v) is 4.67. The molecule has 238 valence electrons. The molecule has 0 aliphatic rings. The predicted octanol–water partition coefficient (Wildman–Crippen LogP) is 6.15. The molecule has 9 nitrogen and oxygen atoms in total. The van der Waals surface area contributed by atoms with Gasteiger partial charge < -0.3 is 25.0 Å². The maximum absolute atomic E-state index is 14.4. The third kappa shape index (κ3) is 12.8. The summed E-state index contributed by atoms with van der Waals surface area (Å²) < 4.78 is 10.5. The standard InChI is InChI=1S/C33H55N3O6/c1-10-13-14-15-16-21-36(31(39)28(24(5)11-2)35-32(40)42-33(7,8)9)29(26-22-23(4)17-18-25(26)6)30(38)34-20-19-27(37)41-12-3/h17-18,22,24,28-29H,10-16,19-21H2,1-9H3,(H,34,38)(H,35,40). The summed E-state index contributed by atoms with van der Waals surface area (Å²) in [5.41, 5.74) is 1.81. The maximum Gasteiger partial charge on any atom is 0.408 e. The quantitative estimate of drug-likeness (QED) is 0.166. The predicted molar refractivity (Wildman–Crippen MR) is 166 cm³/mol. The molecular weight excluding hydrogens is 534 g/mol. The van der Waals surface area contributed by atoms with Gasteiger partial charge in [-0.1, -0.05) is 76.6 Å². The first-order valence-corrected chi connectivity index (χ1v) is 15.6. The van der Waals surface area contributed by atoms with Crippen LogP contribution in [-0.4, -0.2) is 60.1 Å². The molecule has 0 saturated carbocycles. The zero-order chi connectivity index (χ0) is 31.9. The van der Waals surface area contributed by atoms with E-state index in [4.69, 9.17) is 9.47 Å². The Labute approximate surface area is 253 Å². The van der Waals surface area contributed by atoms with Crippen LogP contribution in [0.3, 0.4) is 0 Å². The van der Waals surface area contributed by atoms with Gasteiger partial charge >= 0.3 is 12.1 Å². The summed E-state index contributed by atoms with van der Waals surface area (Å²) in [6.45, 7) is 17.6. The van der Waals surface area contributed by atoms with Crippen LogP contribution in [0.2, 0.25) is 0 Å². The number of nitrogens with zero attached hydrogens (tertiary/aromatic N) is 1. The second-order valence-corrected chi connectivity index (χ2v) is 12.1. The van der Waals surface area contributed by atoms with E-state index in [0.29, 0.717) is 24.9 Å². The lowest BCUT2D eigenvalue weighted by atomic mass is 9.93. The number of carbonyl (C=O) groups excluding carboxylic acids is 4. The number of esters is 1. The molecule has 9 heteroatoms. The Morgan fingerprint density at radius 2 is 1.64 bits per heavy atom. The first-order chi connectivity index (χ1) is 19.7. The minimum atomic E-state index is -0.947. The smallest absolute Gasteiger partial charge is 0.408 e. The van der Waals surface area contributed by atoms with Gasteiger partial charge in [0.25, 0.3) is 0 Å². The maximum atomic E-state index is 14.4. The van der Waals surface area contributed by atoms with Crippen LogP contribution in [0.4, 0.5) is 4.79 Å². The molecule has 1 aromatic carbocycles. The SMILES string of the molecule is CCCCCCCN(C(=O)C(NC(=O)OC(C)(C)C)C(C)CC)C(C(=O)NCCC(=O)OCC)c1cc(C)ccc1C. The summed E-state index contributed by atoms with van der Waals surface area (Å²) in [4.78, 5) is 54.8. The minimum Gasteiger partial charge on any atom is -0.466 e. The van der Waals surface area contributed by atoms with E-state index >= 15 is 0 Å². The molecule has 42 heavy (non-hydrogen) atoms. The van der Waals surface area contributed by atoms with E-state index in [9.17, 15) is 19.2 Å². The number of hydrogen-bond donors (Lipinski definition) is 2. The van der Waals surface area contributed by atoms with Gasteiger partial charge in [-0.3, -0.25) is 14.4 Å². The molecule has 3 unspecified atom stereocenters. The van der Waals surface area contributed by atoms with Crippen LogP contribution in [-0.2, 0) is 23.9 Å². The van der Waals surface area contributed by atoms with Crippen molar-refractivity contribution in [2.24, 2.45) is 5.92 Å². The van der Waals surface area contributed by atoms with Crippen molar-refractivity contribution in [1.29, 1.82) is 0 Å². The van der Waals surface area contributed by atoms with Crippen molar-refractivity contribution >= 4 is 23.9 Å². The molecule has 3 atom stereocenters. The van der Waals surface area contributed by atoms with Gasteiger partial charge in [0.2, 0.25) is 11.8 Å². The van der Waals surface area contributed by atoms with Crippen LogP contribution >= 0.6 is 0 Å². The zero-order valence-corrected chi connectivity index (χ0v) is 27.4. The molecule has 2 N–H and O–H groups in total. The summed E-state index contributed by atoms with van der Waals surface area (Å²) in [5, 5.41) is 5.68. The number of aryl methyl sites for hydroxylation is 2. The van der Waals surface area contributed by atoms with Crippen molar-refractivity contribution in [3.63, 3.8) is 0 Å². The summed E-state index contributed by atoms with van der Waals surface area (Å²) in [6.07, 6.45) is 4.83. The lowest BCUT2D eigenvalue weighted by molar-refractivity contribution is -0.145. The molecule has 0 heterocycles. The number of benzene rings is 1. The normalized spacial score (nSPS) is 13.5. The first-order valence-electron chi connectivity index (χ1n) is 15.6. The van der Waals surface area contributed by atoms with E-state index in [0.717, 1.165) is 36.8 Å². The van der Waals surface area contributed by atoms with Crippen LogP contribution in [0.15, 0.2) is 18.2 Å². The van der Waals surface area contributed by atoms with Gasteiger partial charge in [0.05, 0.1) is 13.0 Å². The van der Waals surface area contributed by atoms with E-state index in [1.807, 2.05) is 45.9 Å². The first kappa shape index (κ1) is 36.9. The van der Waals surface area contributed by atoms with Crippen molar-refractivity contribution in [3.05, 3.63) is 34.9 Å². The molecule has 0 aliphatic heterocycles. The highest BCUT2D eigenvalue weighted by atomic mass is 16.6. The van der Waals surface area contributed by atoms with Crippen LogP contribution in [0.25, 0.3) is 0 Å². The van der Waals surface area contributed by atoms with Crippen molar-refractivity contribution < 1.29 is 28.7 Å². The Hall–Kier alpha value is -3.10. The van der Waals surface area contributed by atoms with E-state index in [1.54, 1.807) is 32.6 Å². The van der Waals surface area contributed by atoms with Crippen molar-refractivity contribution in [2.75, 3.05) is 19.7 Å². The number of alkyl carbamates (subject to hydrolysis) is 1. The molecule has 0 aromatic heterocycles. The fraction of sp³-hybridized carbons (Fsp3) is 0.697. The molecule has 1 rings (SSSR count). The van der Waals surface area contributed by atoms with Crippen LogP contribution in [0.5, 0.6) is 0 Å². The number of ether oxygens (including phenoxy) is 2. The van der Waals surface area contributed by atoms with Crippen LogP contribution in [0.1, 0.15) is 116 Å². The molecule has 3 amide bonds. The lowest BCUT2D eigenvalue weighted by Crippen LogP contribution is -2.55. The van der Waals surface area contributed by atoms with E-state index < -0.39 is 29.7 Å². The second-order valence-electron chi connectivity index (χ2n) is 12.1. The Kier molecular flexibility index (Phi) is 16.2. The Morgan fingerprint density at radius 3 is 2.24 bits per heavy atom. The highest BCUT2D eigenvalue weighted by molar-refractivity contribution is 5.92. The fourth-order valence-electron chi connectivity index (χ4n) is 4.67. The van der Waals surface area contributed by atoms with E-state index in [-0.39, 0.29) is 37.3 Å². The number of unbranched alkanes of at least 4 members (excludes halogenated alkanes) is 4. The average molecular weight is 590 g/mol. The third-order valence-electron chi connectivity index (χ3n) is 7.16. The van der Waals surface area contributed by atoms with E-state index in [2.05, 4.69) is 17.6 Å². The van der Waals surface area contributed by atoms with Crippen molar-refractivity contribution in [2.45, 2.75) is 125 Å². The van der Waals surface area contributed by atoms with Gasteiger partial charge in [0.1, 0.15) is 17.7 Å². The Bertz CT molecular complexity index is 1020. The van der Waals surface area contributed by atoms with Gasteiger partial charge in [-0.15, -0.1) is 0 Å². The van der Waals surface area contributed by atoms with Crippen molar-refractivity contribution in [1.82, 2.24) is 15.5 Å². The number of nitrogens with one attached hydrogen (secondary N) is 2. The van der Waals surface area contributed by atoms with Gasteiger partial charge in [-0.25, -0.2) is 4.79 Å². The molecule has 0 aliphatic carbocycles. The second kappa shape index (κ2) is 18.4. The topological polar surface area (TPSA) is 114 Å². The lowest BCUT2D eigenvalue weighted by Gasteiger charge is -2.36. The van der Waals surface area contributed by atoms with Gasteiger partial charge in [-0.05, 0) is 65.0 Å². The van der Waals surface area contributed by atoms with E-state index in [1.165, 1.54) is 0 Å². The summed E-state index contributed by atoms with van der Waals surface area (Å²) in [5.74, 6) is -1.32.